The number of rotatable bonds is 3. The maximum atomic E-state index is 13.0. The molecule has 2 heterocycles. The minimum Gasteiger partial charge on any atom is -0.338 e. The highest BCUT2D eigenvalue weighted by molar-refractivity contribution is 5.95. The minimum atomic E-state index is -0.636. The molecular formula is C24H26N4O2. The molecule has 1 saturated carbocycles. The van der Waals surface area contributed by atoms with E-state index in [1.54, 1.807) is 4.90 Å². The summed E-state index contributed by atoms with van der Waals surface area (Å²) in [7, 11) is 0. The summed E-state index contributed by atoms with van der Waals surface area (Å²) in [6.07, 6.45) is 1.54. The maximum Gasteiger partial charge on any atom is 0.253 e. The van der Waals surface area contributed by atoms with Gasteiger partial charge in [-0.25, -0.2) is 0 Å². The molecule has 2 amide bonds. The average Bonchev–Trinajstić information content (AvgIpc) is 3.44. The third-order valence-electron chi connectivity index (χ3n) is 6.34. The number of para-hydroxylation sites is 1. The lowest BCUT2D eigenvalue weighted by molar-refractivity contribution is -0.135. The Balaban J connectivity index is 1.29. The fourth-order valence-corrected chi connectivity index (χ4v) is 4.35. The maximum absolute atomic E-state index is 13.0. The standard InChI is InChI=1S/C24H26N4O2/c1-17-16-19-4-2-3-5-21(19)28(17)20-8-6-18(7-9-20)22(29)26-12-14-27(15-13-26)23(30)24(25)10-11-24/h2-9,16H,10-15,25H2,1H3. The molecular weight excluding hydrogens is 376 g/mol. The molecule has 1 aromatic heterocycles. The van der Waals surface area contributed by atoms with E-state index in [-0.39, 0.29) is 11.8 Å². The molecule has 3 aromatic rings. The predicted octanol–water partition coefficient (Wildman–Crippen LogP) is 2.71. The lowest BCUT2D eigenvalue weighted by Crippen LogP contribution is -2.55. The zero-order valence-electron chi connectivity index (χ0n) is 17.2. The molecule has 30 heavy (non-hydrogen) atoms. The highest BCUT2D eigenvalue weighted by Gasteiger charge is 2.48. The molecule has 0 spiro atoms. The Kier molecular flexibility index (Phi) is 4.40. The van der Waals surface area contributed by atoms with Crippen molar-refractivity contribution in [2.45, 2.75) is 25.3 Å². The molecule has 0 atom stereocenters. The van der Waals surface area contributed by atoms with Gasteiger partial charge in [-0.15, -0.1) is 0 Å². The zero-order valence-corrected chi connectivity index (χ0v) is 17.2. The number of nitrogens with zero attached hydrogens (tertiary/aromatic N) is 3. The molecule has 2 fully saturated rings. The van der Waals surface area contributed by atoms with Crippen LogP contribution in [-0.2, 0) is 4.79 Å². The first-order valence-electron chi connectivity index (χ1n) is 10.5. The normalized spacial score (nSPS) is 17.9. The first kappa shape index (κ1) is 18.9. The summed E-state index contributed by atoms with van der Waals surface area (Å²) in [6.45, 7) is 4.28. The fraction of sp³-hybridized carbons (Fsp3) is 0.333. The number of amides is 2. The molecule has 1 aliphatic heterocycles. The second-order valence-electron chi connectivity index (χ2n) is 8.47. The van der Waals surface area contributed by atoms with Gasteiger partial charge in [0.1, 0.15) is 0 Å². The van der Waals surface area contributed by atoms with Crippen LogP contribution in [0.25, 0.3) is 16.6 Å². The van der Waals surface area contributed by atoms with Crippen molar-refractivity contribution in [3.8, 4) is 5.69 Å². The third-order valence-corrected chi connectivity index (χ3v) is 6.34. The number of fused-ring (bicyclic) bond motifs is 1. The van der Waals surface area contributed by atoms with Crippen LogP contribution in [0.5, 0.6) is 0 Å². The van der Waals surface area contributed by atoms with E-state index >= 15 is 0 Å². The van der Waals surface area contributed by atoms with Gasteiger partial charge in [0.2, 0.25) is 5.91 Å². The number of aryl methyl sites for hydroxylation is 1. The number of aromatic nitrogens is 1. The SMILES string of the molecule is Cc1cc2ccccc2n1-c1ccc(C(=O)N2CCN(C(=O)C3(N)CC3)CC2)cc1. The van der Waals surface area contributed by atoms with Crippen LogP contribution in [0.3, 0.4) is 0 Å². The van der Waals surface area contributed by atoms with Crippen molar-refractivity contribution in [3.63, 3.8) is 0 Å². The number of carbonyl (C=O) groups excluding carboxylic acids is 2. The predicted molar refractivity (Wildman–Crippen MR) is 117 cm³/mol. The molecule has 0 bridgehead atoms. The summed E-state index contributed by atoms with van der Waals surface area (Å²) < 4.78 is 2.20. The van der Waals surface area contributed by atoms with E-state index in [2.05, 4.69) is 29.7 Å². The van der Waals surface area contributed by atoms with Crippen molar-refractivity contribution in [2.24, 2.45) is 5.73 Å². The quantitative estimate of drug-likeness (QED) is 0.732. The molecule has 2 N–H and O–H groups in total. The summed E-state index contributed by atoms with van der Waals surface area (Å²) in [5, 5.41) is 1.20. The Morgan fingerprint density at radius 3 is 2.20 bits per heavy atom. The van der Waals surface area contributed by atoms with E-state index in [1.165, 1.54) is 5.39 Å². The van der Waals surface area contributed by atoms with Crippen molar-refractivity contribution in [2.75, 3.05) is 26.2 Å². The van der Waals surface area contributed by atoms with E-state index in [0.29, 0.717) is 31.7 Å². The van der Waals surface area contributed by atoms with Crippen LogP contribution in [0.2, 0.25) is 0 Å². The summed E-state index contributed by atoms with van der Waals surface area (Å²) >= 11 is 0. The average molecular weight is 402 g/mol. The van der Waals surface area contributed by atoms with Gasteiger partial charge in [0.15, 0.2) is 0 Å². The fourth-order valence-electron chi connectivity index (χ4n) is 4.35. The highest BCUT2D eigenvalue weighted by atomic mass is 16.2. The van der Waals surface area contributed by atoms with Gasteiger partial charge >= 0.3 is 0 Å². The van der Waals surface area contributed by atoms with Crippen LogP contribution in [0.1, 0.15) is 28.9 Å². The third kappa shape index (κ3) is 3.17. The number of hydrogen-bond donors (Lipinski definition) is 1. The molecule has 154 valence electrons. The van der Waals surface area contributed by atoms with Gasteiger partial charge in [-0.1, -0.05) is 18.2 Å². The van der Waals surface area contributed by atoms with Gasteiger partial charge in [0, 0.05) is 48.5 Å². The topological polar surface area (TPSA) is 71.6 Å². The lowest BCUT2D eigenvalue weighted by atomic mass is 10.1. The van der Waals surface area contributed by atoms with Crippen LogP contribution in [-0.4, -0.2) is 57.9 Å². The molecule has 6 nitrogen and oxygen atoms in total. The van der Waals surface area contributed by atoms with E-state index < -0.39 is 5.54 Å². The Hall–Kier alpha value is -3.12. The number of carbonyl (C=O) groups is 2. The smallest absolute Gasteiger partial charge is 0.253 e. The second-order valence-corrected chi connectivity index (χ2v) is 8.47. The molecule has 1 saturated heterocycles. The number of hydrogen-bond acceptors (Lipinski definition) is 3. The molecule has 2 aromatic carbocycles. The van der Waals surface area contributed by atoms with Crippen LogP contribution < -0.4 is 5.73 Å². The minimum absolute atomic E-state index is 0.0108. The molecule has 5 rings (SSSR count). The van der Waals surface area contributed by atoms with Crippen LogP contribution in [0, 0.1) is 6.92 Å². The van der Waals surface area contributed by atoms with Gasteiger partial charge in [0.25, 0.3) is 5.91 Å². The summed E-state index contributed by atoms with van der Waals surface area (Å²) in [5.74, 6) is 0.0462. The van der Waals surface area contributed by atoms with Gasteiger partial charge in [-0.05, 0) is 56.2 Å². The van der Waals surface area contributed by atoms with Crippen molar-refractivity contribution in [1.82, 2.24) is 14.4 Å². The van der Waals surface area contributed by atoms with Crippen LogP contribution in [0.15, 0.2) is 54.6 Å². The summed E-state index contributed by atoms with van der Waals surface area (Å²) in [4.78, 5) is 29.0. The van der Waals surface area contributed by atoms with E-state index in [1.807, 2.05) is 41.3 Å². The number of piperazine rings is 1. The molecule has 2 aliphatic rings. The van der Waals surface area contributed by atoms with Gasteiger partial charge < -0.3 is 20.1 Å². The summed E-state index contributed by atoms with van der Waals surface area (Å²) in [5.41, 5.74) is 9.42. The monoisotopic (exact) mass is 402 g/mol. The number of benzene rings is 2. The van der Waals surface area contributed by atoms with Gasteiger partial charge in [-0.2, -0.15) is 0 Å². The van der Waals surface area contributed by atoms with E-state index in [9.17, 15) is 9.59 Å². The van der Waals surface area contributed by atoms with Crippen molar-refractivity contribution in [3.05, 3.63) is 65.9 Å². The first-order chi connectivity index (χ1) is 14.5. The highest BCUT2D eigenvalue weighted by Crippen LogP contribution is 2.34. The van der Waals surface area contributed by atoms with Crippen molar-refractivity contribution < 1.29 is 9.59 Å². The zero-order chi connectivity index (χ0) is 20.9. The summed E-state index contributed by atoms with van der Waals surface area (Å²) in [6, 6.07) is 18.2. The van der Waals surface area contributed by atoms with Crippen LogP contribution in [0.4, 0.5) is 0 Å². The van der Waals surface area contributed by atoms with Crippen molar-refractivity contribution >= 4 is 22.7 Å². The van der Waals surface area contributed by atoms with Gasteiger partial charge in [0.05, 0.1) is 11.1 Å². The number of nitrogens with two attached hydrogens (primary N) is 1. The Morgan fingerprint density at radius 2 is 1.53 bits per heavy atom. The Morgan fingerprint density at radius 1 is 0.900 bits per heavy atom. The molecule has 6 heteroatoms. The lowest BCUT2D eigenvalue weighted by Gasteiger charge is -2.36. The largest absolute Gasteiger partial charge is 0.338 e. The van der Waals surface area contributed by atoms with Gasteiger partial charge in [-0.3, -0.25) is 9.59 Å². The Labute approximate surface area is 175 Å². The van der Waals surface area contributed by atoms with Crippen LogP contribution >= 0.6 is 0 Å². The molecule has 0 radical (unpaired) electrons. The van der Waals surface area contributed by atoms with E-state index in [4.69, 9.17) is 5.73 Å². The Bertz CT molecular complexity index is 1120. The van der Waals surface area contributed by atoms with Crippen molar-refractivity contribution in [1.29, 1.82) is 0 Å². The van der Waals surface area contributed by atoms with E-state index in [0.717, 1.165) is 29.7 Å². The molecule has 0 unspecified atom stereocenters. The first-order valence-corrected chi connectivity index (χ1v) is 10.5. The second kappa shape index (κ2) is 6.99. The molecule has 1 aliphatic carbocycles.